The van der Waals surface area contributed by atoms with Crippen LogP contribution in [0.1, 0.15) is 36.1 Å². The minimum Gasteiger partial charge on any atom is -0.491 e. The number of nitrogens with one attached hydrogen (secondary N) is 1. The van der Waals surface area contributed by atoms with Gasteiger partial charge in [0.15, 0.2) is 5.76 Å². The molecule has 5 nitrogen and oxygen atoms in total. The normalized spacial score (nSPS) is 12.2. The average molecular weight is 289 g/mol. The van der Waals surface area contributed by atoms with Gasteiger partial charge in [-0.05, 0) is 43.7 Å². The van der Waals surface area contributed by atoms with E-state index in [2.05, 4.69) is 5.32 Å². The Balaban J connectivity index is 1.88. The molecule has 1 aromatic heterocycles. The summed E-state index contributed by atoms with van der Waals surface area (Å²) in [5, 5.41) is 12.7. The van der Waals surface area contributed by atoms with E-state index >= 15 is 0 Å². The van der Waals surface area contributed by atoms with Crippen molar-refractivity contribution < 1.29 is 19.1 Å². The molecule has 0 fully saturated rings. The van der Waals surface area contributed by atoms with E-state index in [9.17, 15) is 9.90 Å². The van der Waals surface area contributed by atoms with Crippen molar-refractivity contribution in [3.8, 4) is 5.75 Å². The lowest BCUT2D eigenvalue weighted by Gasteiger charge is -2.13. The van der Waals surface area contributed by atoms with Gasteiger partial charge >= 0.3 is 0 Å². The Labute approximate surface area is 123 Å². The molecule has 0 spiro atoms. The van der Waals surface area contributed by atoms with Crippen LogP contribution in [0.3, 0.4) is 0 Å². The molecule has 1 atom stereocenters. The fourth-order valence-corrected chi connectivity index (χ4v) is 1.84. The highest BCUT2D eigenvalue weighted by molar-refractivity contribution is 5.91. The molecule has 0 radical (unpaired) electrons. The number of furan rings is 1. The highest BCUT2D eigenvalue weighted by atomic mass is 16.5. The zero-order valence-corrected chi connectivity index (χ0v) is 12.1. The standard InChI is InChI=1S/C16H19NO4/c1-11(2)21-13-7-5-12(6-8-13)14(18)10-17-16(19)15-4-3-9-20-15/h3-9,11,14,18H,10H2,1-2H3,(H,17,19). The Bertz CT molecular complexity index is 560. The first-order chi connectivity index (χ1) is 10.1. The van der Waals surface area contributed by atoms with Crippen molar-refractivity contribution in [2.75, 3.05) is 6.54 Å². The van der Waals surface area contributed by atoms with Crippen LogP contribution in [0, 0.1) is 0 Å². The van der Waals surface area contributed by atoms with E-state index in [0.29, 0.717) is 5.56 Å². The number of carbonyl (C=O) groups is 1. The highest BCUT2D eigenvalue weighted by Gasteiger charge is 2.12. The van der Waals surface area contributed by atoms with Crippen molar-refractivity contribution in [1.82, 2.24) is 5.32 Å². The maximum Gasteiger partial charge on any atom is 0.287 e. The topological polar surface area (TPSA) is 71.7 Å². The van der Waals surface area contributed by atoms with Crippen LogP contribution in [-0.4, -0.2) is 23.7 Å². The Hall–Kier alpha value is -2.27. The van der Waals surface area contributed by atoms with Crippen molar-refractivity contribution in [1.29, 1.82) is 0 Å². The third-order valence-corrected chi connectivity index (χ3v) is 2.84. The number of ether oxygens (including phenoxy) is 1. The van der Waals surface area contributed by atoms with Gasteiger partial charge in [-0.25, -0.2) is 0 Å². The number of benzene rings is 1. The van der Waals surface area contributed by atoms with Crippen LogP contribution >= 0.6 is 0 Å². The summed E-state index contributed by atoms with van der Waals surface area (Å²) in [7, 11) is 0. The summed E-state index contributed by atoms with van der Waals surface area (Å²) in [6.07, 6.45) is 0.754. The Kier molecular flexibility index (Phi) is 5.00. The number of hydrogen-bond acceptors (Lipinski definition) is 4. The molecular weight excluding hydrogens is 270 g/mol. The first-order valence-electron chi connectivity index (χ1n) is 6.82. The summed E-state index contributed by atoms with van der Waals surface area (Å²) in [5.74, 6) is 0.627. The van der Waals surface area contributed by atoms with E-state index in [0.717, 1.165) is 5.75 Å². The van der Waals surface area contributed by atoms with Gasteiger partial charge in [0.2, 0.25) is 0 Å². The van der Waals surface area contributed by atoms with Crippen LogP contribution in [0.15, 0.2) is 47.1 Å². The zero-order chi connectivity index (χ0) is 15.2. The average Bonchev–Trinajstić information content (AvgIpc) is 2.99. The number of carbonyl (C=O) groups excluding carboxylic acids is 1. The second kappa shape index (κ2) is 6.95. The molecular formula is C16H19NO4. The molecule has 1 aromatic carbocycles. The van der Waals surface area contributed by atoms with E-state index in [4.69, 9.17) is 9.15 Å². The van der Waals surface area contributed by atoms with Gasteiger partial charge in [0.25, 0.3) is 5.91 Å². The minimum atomic E-state index is -0.781. The summed E-state index contributed by atoms with van der Waals surface area (Å²) in [4.78, 5) is 11.7. The maximum absolute atomic E-state index is 11.7. The van der Waals surface area contributed by atoms with Crippen LogP contribution in [0.4, 0.5) is 0 Å². The van der Waals surface area contributed by atoms with Gasteiger partial charge in [-0.3, -0.25) is 4.79 Å². The largest absolute Gasteiger partial charge is 0.491 e. The fourth-order valence-electron chi connectivity index (χ4n) is 1.84. The first kappa shape index (κ1) is 15.1. The molecule has 1 heterocycles. The van der Waals surface area contributed by atoms with E-state index in [1.807, 2.05) is 13.8 Å². The molecule has 1 unspecified atom stereocenters. The lowest BCUT2D eigenvalue weighted by atomic mass is 10.1. The van der Waals surface area contributed by atoms with Crippen LogP contribution in [0.2, 0.25) is 0 Å². The predicted molar refractivity (Wildman–Crippen MR) is 78.2 cm³/mol. The summed E-state index contributed by atoms with van der Waals surface area (Å²) in [6, 6.07) is 10.4. The number of aliphatic hydroxyl groups is 1. The molecule has 0 aliphatic rings. The Morgan fingerprint density at radius 3 is 2.57 bits per heavy atom. The lowest BCUT2D eigenvalue weighted by Crippen LogP contribution is -2.28. The molecule has 0 saturated heterocycles. The molecule has 1 amide bonds. The van der Waals surface area contributed by atoms with E-state index < -0.39 is 6.10 Å². The lowest BCUT2D eigenvalue weighted by molar-refractivity contribution is 0.0889. The molecule has 112 valence electrons. The van der Waals surface area contributed by atoms with Gasteiger partial charge < -0.3 is 19.6 Å². The quantitative estimate of drug-likeness (QED) is 0.857. The first-order valence-corrected chi connectivity index (χ1v) is 6.82. The molecule has 21 heavy (non-hydrogen) atoms. The van der Waals surface area contributed by atoms with Crippen LogP contribution in [0.25, 0.3) is 0 Å². The molecule has 0 bridgehead atoms. The second-order valence-corrected chi connectivity index (χ2v) is 4.94. The third kappa shape index (κ3) is 4.36. The van der Waals surface area contributed by atoms with E-state index in [-0.39, 0.29) is 24.3 Å². The number of aliphatic hydroxyl groups excluding tert-OH is 1. The summed E-state index contributed by atoms with van der Waals surface area (Å²) < 4.78 is 10.5. The van der Waals surface area contributed by atoms with Crippen molar-refractivity contribution in [2.45, 2.75) is 26.1 Å². The van der Waals surface area contributed by atoms with Gasteiger partial charge in [0.05, 0.1) is 18.5 Å². The molecule has 2 rings (SSSR count). The molecule has 0 saturated carbocycles. The van der Waals surface area contributed by atoms with Crippen molar-refractivity contribution in [3.05, 3.63) is 54.0 Å². The smallest absolute Gasteiger partial charge is 0.287 e. The van der Waals surface area contributed by atoms with E-state index in [1.54, 1.807) is 36.4 Å². The van der Waals surface area contributed by atoms with Crippen molar-refractivity contribution in [3.63, 3.8) is 0 Å². The van der Waals surface area contributed by atoms with Crippen LogP contribution in [0.5, 0.6) is 5.75 Å². The number of amides is 1. The van der Waals surface area contributed by atoms with Gasteiger partial charge in [-0.2, -0.15) is 0 Å². The van der Waals surface area contributed by atoms with Crippen molar-refractivity contribution in [2.24, 2.45) is 0 Å². The van der Waals surface area contributed by atoms with Gasteiger partial charge in [-0.15, -0.1) is 0 Å². The fraction of sp³-hybridized carbons (Fsp3) is 0.312. The third-order valence-electron chi connectivity index (χ3n) is 2.84. The van der Waals surface area contributed by atoms with Gasteiger partial charge in [-0.1, -0.05) is 12.1 Å². The monoisotopic (exact) mass is 289 g/mol. The SMILES string of the molecule is CC(C)Oc1ccc(C(O)CNC(=O)c2ccco2)cc1. The van der Waals surface area contributed by atoms with Crippen LogP contribution < -0.4 is 10.1 Å². The molecule has 0 aliphatic heterocycles. The highest BCUT2D eigenvalue weighted by Crippen LogP contribution is 2.18. The second-order valence-electron chi connectivity index (χ2n) is 4.94. The maximum atomic E-state index is 11.7. The summed E-state index contributed by atoms with van der Waals surface area (Å²) in [6.45, 7) is 4.02. The predicted octanol–water partition coefficient (Wildman–Crippen LogP) is 2.53. The Morgan fingerprint density at radius 1 is 1.29 bits per heavy atom. The van der Waals surface area contributed by atoms with Crippen molar-refractivity contribution >= 4 is 5.91 Å². The Morgan fingerprint density at radius 2 is 2.00 bits per heavy atom. The molecule has 5 heteroatoms. The van der Waals surface area contributed by atoms with E-state index in [1.165, 1.54) is 6.26 Å². The molecule has 0 aliphatic carbocycles. The molecule has 2 aromatic rings. The van der Waals surface area contributed by atoms with Gasteiger partial charge in [0, 0.05) is 6.54 Å². The molecule has 2 N–H and O–H groups in total. The summed E-state index contributed by atoms with van der Waals surface area (Å²) >= 11 is 0. The number of hydrogen-bond donors (Lipinski definition) is 2. The van der Waals surface area contributed by atoms with Gasteiger partial charge in [0.1, 0.15) is 5.75 Å². The number of rotatable bonds is 6. The minimum absolute atomic E-state index is 0.105. The summed E-state index contributed by atoms with van der Waals surface area (Å²) in [5.41, 5.74) is 0.714. The zero-order valence-electron chi connectivity index (χ0n) is 12.1. The van der Waals surface area contributed by atoms with Crippen LogP contribution in [-0.2, 0) is 0 Å².